The molecule has 0 aromatic heterocycles. The Hall–Kier alpha value is -2.87. The molecular formula is C19H33N5O8S. The molecule has 0 saturated heterocycles. The predicted octanol–water partition coefficient (Wildman–Crippen LogP) is -2.00. The molecule has 0 bridgehead atoms. The van der Waals surface area contributed by atoms with Crippen LogP contribution in [0.15, 0.2) is 0 Å². The average molecular weight is 492 g/mol. The van der Waals surface area contributed by atoms with Crippen LogP contribution in [0.4, 0.5) is 0 Å². The Morgan fingerprint density at radius 1 is 0.909 bits per heavy atom. The van der Waals surface area contributed by atoms with Gasteiger partial charge in [0.15, 0.2) is 0 Å². The second-order valence-corrected chi connectivity index (χ2v) is 8.47. The van der Waals surface area contributed by atoms with E-state index >= 15 is 0 Å². The second kappa shape index (κ2) is 15.1. The highest BCUT2D eigenvalue weighted by atomic mass is 32.2. The summed E-state index contributed by atoms with van der Waals surface area (Å²) in [6.45, 7) is 3.40. The molecule has 0 saturated carbocycles. The zero-order chi connectivity index (χ0) is 25.7. The molecule has 33 heavy (non-hydrogen) atoms. The van der Waals surface area contributed by atoms with Crippen LogP contribution in [-0.4, -0.2) is 82.0 Å². The highest BCUT2D eigenvalue weighted by molar-refractivity contribution is 7.98. The molecule has 4 amide bonds. The first-order chi connectivity index (χ1) is 15.3. The first-order valence-corrected chi connectivity index (χ1v) is 11.6. The molecule has 5 unspecified atom stereocenters. The van der Waals surface area contributed by atoms with Crippen molar-refractivity contribution in [2.45, 2.75) is 63.7 Å². The first-order valence-electron chi connectivity index (χ1n) is 10.2. The van der Waals surface area contributed by atoms with Crippen LogP contribution in [0, 0.1) is 5.92 Å². The van der Waals surface area contributed by atoms with Gasteiger partial charge in [0.1, 0.15) is 18.1 Å². The number of carboxylic acid groups (broad SMARTS) is 2. The topological polar surface area (TPSA) is 231 Å². The lowest BCUT2D eigenvalue weighted by Crippen LogP contribution is -2.59. The summed E-state index contributed by atoms with van der Waals surface area (Å²) < 4.78 is 0. The minimum atomic E-state index is -1.60. The van der Waals surface area contributed by atoms with Gasteiger partial charge in [-0.1, -0.05) is 20.3 Å². The average Bonchev–Trinajstić information content (AvgIpc) is 2.72. The Balaban J connectivity index is 5.55. The Morgan fingerprint density at radius 3 is 1.94 bits per heavy atom. The van der Waals surface area contributed by atoms with Crippen molar-refractivity contribution in [1.29, 1.82) is 0 Å². The van der Waals surface area contributed by atoms with Gasteiger partial charge in [0.05, 0.1) is 18.9 Å². The third-order valence-corrected chi connectivity index (χ3v) is 5.43. The highest BCUT2D eigenvalue weighted by Crippen LogP contribution is 2.11. The molecule has 0 rings (SSSR count). The quantitative estimate of drug-likeness (QED) is 0.125. The van der Waals surface area contributed by atoms with Crippen LogP contribution in [0.2, 0.25) is 0 Å². The molecule has 13 nitrogen and oxygen atoms in total. The molecule has 0 aromatic carbocycles. The van der Waals surface area contributed by atoms with Crippen LogP contribution in [0.5, 0.6) is 0 Å². The summed E-state index contributed by atoms with van der Waals surface area (Å²) in [7, 11) is 0. The fourth-order valence-corrected chi connectivity index (χ4v) is 3.15. The third-order valence-electron chi connectivity index (χ3n) is 4.79. The number of nitrogens with two attached hydrogens (primary N) is 2. The van der Waals surface area contributed by atoms with Gasteiger partial charge in [0, 0.05) is 0 Å². The summed E-state index contributed by atoms with van der Waals surface area (Å²) in [4.78, 5) is 71.3. The van der Waals surface area contributed by atoms with E-state index in [0.717, 1.165) is 0 Å². The number of thioether (sulfide) groups is 1. The van der Waals surface area contributed by atoms with Crippen LogP contribution >= 0.6 is 11.8 Å². The van der Waals surface area contributed by atoms with Crippen LogP contribution in [0.25, 0.3) is 0 Å². The van der Waals surface area contributed by atoms with E-state index in [2.05, 4.69) is 16.0 Å². The summed E-state index contributed by atoms with van der Waals surface area (Å²) in [5.74, 6) is -6.16. The van der Waals surface area contributed by atoms with Gasteiger partial charge in [0.25, 0.3) is 0 Å². The first kappa shape index (κ1) is 30.1. The Kier molecular flexibility index (Phi) is 13.7. The van der Waals surface area contributed by atoms with Crippen molar-refractivity contribution in [3.05, 3.63) is 0 Å². The normalized spacial score (nSPS) is 15.3. The van der Waals surface area contributed by atoms with E-state index in [-0.39, 0.29) is 6.42 Å². The maximum atomic E-state index is 12.8. The molecule has 14 heteroatoms. The SMILES string of the molecule is CCC(C)C(NC(=O)C(CC(=O)O)NC(=O)C(N)CC(N)=O)C(=O)NC(CCSC)C(=O)O. The van der Waals surface area contributed by atoms with E-state index in [1.807, 2.05) is 0 Å². The van der Waals surface area contributed by atoms with Gasteiger partial charge in [-0.15, -0.1) is 0 Å². The number of primary amides is 1. The number of carbonyl (C=O) groups excluding carboxylic acids is 4. The predicted molar refractivity (Wildman–Crippen MR) is 120 cm³/mol. The summed E-state index contributed by atoms with van der Waals surface area (Å²) in [5.41, 5.74) is 10.5. The molecule has 0 aliphatic carbocycles. The van der Waals surface area contributed by atoms with Crippen LogP contribution in [0.3, 0.4) is 0 Å². The smallest absolute Gasteiger partial charge is 0.326 e. The largest absolute Gasteiger partial charge is 0.481 e. The summed E-state index contributed by atoms with van der Waals surface area (Å²) in [6, 6.07) is -5.35. The van der Waals surface area contributed by atoms with Gasteiger partial charge >= 0.3 is 11.9 Å². The number of rotatable bonds is 16. The summed E-state index contributed by atoms with van der Waals surface area (Å²) >= 11 is 1.41. The van der Waals surface area contributed by atoms with Crippen molar-refractivity contribution >= 4 is 47.3 Å². The zero-order valence-corrected chi connectivity index (χ0v) is 19.6. The van der Waals surface area contributed by atoms with Gasteiger partial charge in [0.2, 0.25) is 23.6 Å². The molecule has 0 heterocycles. The van der Waals surface area contributed by atoms with E-state index in [1.165, 1.54) is 11.8 Å². The van der Waals surface area contributed by atoms with E-state index in [4.69, 9.17) is 16.6 Å². The lowest BCUT2D eigenvalue weighted by molar-refractivity contribution is -0.143. The molecule has 5 atom stereocenters. The molecule has 0 aromatic rings. The van der Waals surface area contributed by atoms with Crippen LogP contribution in [0.1, 0.15) is 39.5 Å². The third kappa shape index (κ3) is 11.5. The van der Waals surface area contributed by atoms with Crippen molar-refractivity contribution in [1.82, 2.24) is 16.0 Å². The maximum Gasteiger partial charge on any atom is 0.326 e. The molecule has 188 valence electrons. The van der Waals surface area contributed by atoms with Crippen molar-refractivity contribution in [2.24, 2.45) is 17.4 Å². The molecule has 0 fully saturated rings. The molecule has 0 radical (unpaired) electrons. The number of hydrogen-bond donors (Lipinski definition) is 7. The molecule has 9 N–H and O–H groups in total. The number of aliphatic carboxylic acids is 2. The lowest BCUT2D eigenvalue weighted by atomic mass is 9.97. The number of amides is 4. The highest BCUT2D eigenvalue weighted by Gasteiger charge is 2.33. The van der Waals surface area contributed by atoms with Crippen molar-refractivity contribution in [3.63, 3.8) is 0 Å². The lowest BCUT2D eigenvalue weighted by Gasteiger charge is -2.27. The van der Waals surface area contributed by atoms with Gasteiger partial charge < -0.3 is 37.6 Å². The fourth-order valence-electron chi connectivity index (χ4n) is 2.68. The van der Waals surface area contributed by atoms with Crippen LogP contribution < -0.4 is 27.4 Å². The number of carbonyl (C=O) groups is 6. The van der Waals surface area contributed by atoms with E-state index in [9.17, 15) is 33.9 Å². The standard InChI is InChI=1S/C19H33N5O8S/c1-4-9(2)15(18(30)22-11(19(31)32)5-6-33-3)24-17(29)12(8-14(26)27)23-16(28)10(20)7-13(21)25/h9-12,15H,4-8,20H2,1-3H3,(H2,21,25)(H,22,30)(H,23,28)(H,24,29)(H,26,27)(H,31,32). The molecule has 0 aliphatic heterocycles. The number of hydrogen-bond acceptors (Lipinski definition) is 8. The van der Waals surface area contributed by atoms with E-state index in [0.29, 0.717) is 12.2 Å². The van der Waals surface area contributed by atoms with E-state index < -0.39 is 78.5 Å². The van der Waals surface area contributed by atoms with Gasteiger partial charge in [-0.2, -0.15) is 11.8 Å². The van der Waals surface area contributed by atoms with Crippen LogP contribution in [-0.2, 0) is 28.8 Å². The summed E-state index contributed by atoms with van der Waals surface area (Å²) in [6.07, 6.45) is 1.05. The molecule has 0 spiro atoms. The molecule has 0 aliphatic rings. The van der Waals surface area contributed by atoms with Crippen molar-refractivity contribution in [2.75, 3.05) is 12.0 Å². The fraction of sp³-hybridized carbons (Fsp3) is 0.684. The van der Waals surface area contributed by atoms with Crippen molar-refractivity contribution < 1.29 is 39.0 Å². The second-order valence-electron chi connectivity index (χ2n) is 7.49. The Bertz CT molecular complexity index is 735. The van der Waals surface area contributed by atoms with Gasteiger partial charge in [-0.3, -0.25) is 24.0 Å². The zero-order valence-electron chi connectivity index (χ0n) is 18.8. The minimum absolute atomic E-state index is 0.166. The minimum Gasteiger partial charge on any atom is -0.481 e. The maximum absolute atomic E-state index is 12.8. The van der Waals surface area contributed by atoms with Crippen molar-refractivity contribution in [3.8, 4) is 0 Å². The van der Waals surface area contributed by atoms with E-state index in [1.54, 1.807) is 20.1 Å². The molecular weight excluding hydrogens is 458 g/mol. The summed E-state index contributed by atoms with van der Waals surface area (Å²) in [5, 5.41) is 25.4. The number of carboxylic acids is 2. The van der Waals surface area contributed by atoms with Gasteiger partial charge in [-0.05, 0) is 24.3 Å². The van der Waals surface area contributed by atoms with Gasteiger partial charge in [-0.25, -0.2) is 4.79 Å². The Morgan fingerprint density at radius 2 is 1.48 bits per heavy atom. The Labute approximate surface area is 195 Å². The monoisotopic (exact) mass is 491 g/mol. The number of nitrogens with one attached hydrogen (secondary N) is 3.